The van der Waals surface area contributed by atoms with Gasteiger partial charge in [0.15, 0.2) is 0 Å². The molecule has 0 fully saturated rings. The van der Waals surface area contributed by atoms with E-state index < -0.39 is 17.9 Å². The van der Waals surface area contributed by atoms with Crippen LogP contribution in [0, 0.1) is 0 Å². The minimum absolute atomic E-state index is 0.177. The van der Waals surface area contributed by atoms with Gasteiger partial charge in [-0.3, -0.25) is 9.59 Å². The summed E-state index contributed by atoms with van der Waals surface area (Å²) >= 11 is 6.11. The zero-order valence-electron chi connectivity index (χ0n) is 16.2. The number of carboxylic acids is 1. The van der Waals surface area contributed by atoms with Crippen LogP contribution in [0.4, 0.5) is 11.4 Å². The summed E-state index contributed by atoms with van der Waals surface area (Å²) in [6, 6.07) is 13.5. The Morgan fingerprint density at radius 1 is 1.20 bits per heavy atom. The molecular weight excluding hydrogens is 406 g/mol. The van der Waals surface area contributed by atoms with Gasteiger partial charge in [-0.15, -0.1) is 0 Å². The quantitative estimate of drug-likeness (QED) is 0.699. The Hall–Kier alpha value is -3.32. The Labute approximate surface area is 178 Å². The maximum absolute atomic E-state index is 13.5. The van der Waals surface area contributed by atoms with Gasteiger partial charge in [0.1, 0.15) is 6.04 Å². The average Bonchev–Trinajstić information content (AvgIpc) is 3.02. The van der Waals surface area contributed by atoms with Crippen LogP contribution in [0.2, 0.25) is 5.02 Å². The Bertz CT molecular complexity index is 1070. The largest absolute Gasteiger partial charge is 0.480 e. The first-order valence-corrected chi connectivity index (χ1v) is 9.89. The number of hydrogen-bond donors (Lipinski definition) is 3. The molecule has 154 valence electrons. The molecule has 0 spiro atoms. The Kier molecular flexibility index (Phi) is 5.22. The van der Waals surface area contributed by atoms with E-state index in [4.69, 9.17) is 11.6 Å². The van der Waals surface area contributed by atoms with Crippen molar-refractivity contribution in [3.63, 3.8) is 0 Å². The highest BCUT2D eigenvalue weighted by atomic mass is 35.5. The van der Waals surface area contributed by atoms with Gasteiger partial charge in [-0.25, -0.2) is 4.79 Å². The van der Waals surface area contributed by atoms with Gasteiger partial charge in [0.25, 0.3) is 5.91 Å². The van der Waals surface area contributed by atoms with Crippen molar-refractivity contribution in [3.8, 4) is 0 Å². The molecule has 0 aliphatic carbocycles. The average molecular weight is 426 g/mol. The maximum atomic E-state index is 13.5. The molecule has 8 heteroatoms. The molecule has 3 N–H and O–H groups in total. The van der Waals surface area contributed by atoms with E-state index in [-0.39, 0.29) is 24.8 Å². The molecule has 2 aliphatic heterocycles. The van der Waals surface area contributed by atoms with Crippen molar-refractivity contribution in [3.05, 3.63) is 70.4 Å². The van der Waals surface area contributed by atoms with Gasteiger partial charge in [-0.05, 0) is 36.2 Å². The maximum Gasteiger partial charge on any atom is 0.326 e. The first kappa shape index (κ1) is 20.0. The summed E-state index contributed by atoms with van der Waals surface area (Å²) in [7, 11) is 0. The lowest BCUT2D eigenvalue weighted by Crippen LogP contribution is -2.37. The van der Waals surface area contributed by atoms with Gasteiger partial charge in [0, 0.05) is 40.5 Å². The fourth-order valence-corrected chi connectivity index (χ4v) is 4.26. The molecule has 0 saturated carbocycles. The van der Waals surface area contributed by atoms with Crippen LogP contribution in [0.5, 0.6) is 0 Å². The van der Waals surface area contributed by atoms with Crippen molar-refractivity contribution in [2.24, 2.45) is 0 Å². The number of amides is 2. The number of carboxylic acid groups (broad SMARTS) is 1. The topological polar surface area (TPSA) is 98.7 Å². The third kappa shape index (κ3) is 3.64. The molecule has 4 rings (SSSR count). The molecule has 30 heavy (non-hydrogen) atoms. The predicted molar refractivity (Wildman–Crippen MR) is 113 cm³/mol. The second-order valence-corrected chi connectivity index (χ2v) is 7.79. The van der Waals surface area contributed by atoms with Crippen molar-refractivity contribution < 1.29 is 19.5 Å². The molecule has 2 aliphatic rings. The molecule has 2 aromatic rings. The molecule has 0 bridgehead atoms. The van der Waals surface area contributed by atoms with Crippen molar-refractivity contribution >= 4 is 40.8 Å². The van der Waals surface area contributed by atoms with E-state index >= 15 is 0 Å². The number of halogens is 1. The standard InChI is InChI=1S/C22H20ClN3O4/c1-12(27)24-19-11-26(14-5-3-2-4-6-14)21(28)20(19)16-10-18(22(29)30)25-17-9-13(23)7-8-15(16)17/h2-9,16,18,25H,10-11H2,1H3,(H,24,27)(H,29,30). The lowest BCUT2D eigenvalue weighted by Gasteiger charge is -2.32. The molecule has 0 saturated heterocycles. The summed E-state index contributed by atoms with van der Waals surface area (Å²) < 4.78 is 0. The first-order chi connectivity index (χ1) is 14.3. The van der Waals surface area contributed by atoms with Crippen molar-refractivity contribution in [1.82, 2.24) is 5.32 Å². The molecule has 0 radical (unpaired) electrons. The number of nitrogens with zero attached hydrogens (tertiary/aromatic N) is 1. The van der Waals surface area contributed by atoms with Gasteiger partial charge >= 0.3 is 5.97 Å². The summed E-state index contributed by atoms with van der Waals surface area (Å²) in [6.45, 7) is 1.60. The highest BCUT2D eigenvalue weighted by Crippen LogP contribution is 2.43. The SMILES string of the molecule is CC(=O)NC1=C(C2CC(C(=O)O)Nc3cc(Cl)ccc32)C(=O)N(c2ccccc2)C1. The number of para-hydroxylation sites is 1. The summed E-state index contributed by atoms with van der Waals surface area (Å²) in [4.78, 5) is 38.7. The van der Waals surface area contributed by atoms with E-state index in [9.17, 15) is 19.5 Å². The fourth-order valence-electron chi connectivity index (χ4n) is 4.09. The second kappa shape index (κ2) is 7.84. The van der Waals surface area contributed by atoms with Crippen molar-refractivity contribution in [2.45, 2.75) is 25.3 Å². The number of fused-ring (bicyclic) bond motifs is 1. The number of carbonyl (C=O) groups excluding carboxylic acids is 2. The van der Waals surface area contributed by atoms with Gasteiger partial charge in [-0.1, -0.05) is 35.9 Å². The van der Waals surface area contributed by atoms with Gasteiger partial charge in [-0.2, -0.15) is 0 Å². The van der Waals surface area contributed by atoms with E-state index in [2.05, 4.69) is 10.6 Å². The van der Waals surface area contributed by atoms with E-state index in [0.29, 0.717) is 27.7 Å². The number of hydrogen-bond acceptors (Lipinski definition) is 4. The van der Waals surface area contributed by atoms with Crippen molar-refractivity contribution in [1.29, 1.82) is 0 Å². The molecule has 2 unspecified atom stereocenters. The summed E-state index contributed by atoms with van der Waals surface area (Å²) in [5.41, 5.74) is 2.96. The smallest absolute Gasteiger partial charge is 0.326 e. The molecule has 7 nitrogen and oxygen atoms in total. The lowest BCUT2D eigenvalue weighted by molar-refractivity contribution is -0.138. The van der Waals surface area contributed by atoms with Crippen LogP contribution in [-0.4, -0.2) is 35.5 Å². The van der Waals surface area contributed by atoms with Crippen LogP contribution < -0.4 is 15.5 Å². The number of nitrogens with one attached hydrogen (secondary N) is 2. The lowest BCUT2D eigenvalue weighted by atomic mass is 9.81. The van der Waals surface area contributed by atoms with Gasteiger partial charge in [0.2, 0.25) is 5.91 Å². The number of rotatable bonds is 4. The van der Waals surface area contributed by atoms with Gasteiger partial charge in [0.05, 0.1) is 6.54 Å². The summed E-state index contributed by atoms with van der Waals surface area (Å²) in [5.74, 6) is -2.05. The highest BCUT2D eigenvalue weighted by Gasteiger charge is 2.41. The Balaban J connectivity index is 1.81. The number of carbonyl (C=O) groups is 3. The first-order valence-electron chi connectivity index (χ1n) is 9.51. The second-order valence-electron chi connectivity index (χ2n) is 7.36. The molecule has 2 atom stereocenters. The van der Waals surface area contributed by atoms with Crippen LogP contribution in [0.25, 0.3) is 0 Å². The van der Waals surface area contributed by atoms with Crippen LogP contribution in [0.15, 0.2) is 59.8 Å². The number of aliphatic carboxylic acids is 1. The number of benzene rings is 2. The summed E-state index contributed by atoms with van der Waals surface area (Å²) in [6.07, 6.45) is 0.177. The molecule has 2 heterocycles. The van der Waals surface area contributed by atoms with Crippen LogP contribution in [0.3, 0.4) is 0 Å². The molecule has 0 aromatic heterocycles. The zero-order chi connectivity index (χ0) is 21.4. The van der Waals surface area contributed by atoms with E-state index in [1.54, 1.807) is 23.1 Å². The zero-order valence-corrected chi connectivity index (χ0v) is 16.9. The molecular formula is C22H20ClN3O4. The third-order valence-electron chi connectivity index (χ3n) is 5.35. The van der Waals surface area contributed by atoms with E-state index in [1.807, 2.05) is 30.3 Å². The summed E-state index contributed by atoms with van der Waals surface area (Å²) in [5, 5.41) is 15.9. The molecule has 2 aromatic carbocycles. The fraction of sp³-hybridized carbons (Fsp3) is 0.227. The van der Waals surface area contributed by atoms with Crippen LogP contribution >= 0.6 is 11.6 Å². The normalized spacial score (nSPS) is 20.6. The minimum atomic E-state index is -1.02. The van der Waals surface area contributed by atoms with E-state index in [0.717, 1.165) is 5.56 Å². The predicted octanol–water partition coefficient (Wildman–Crippen LogP) is 3.13. The van der Waals surface area contributed by atoms with Gasteiger partial charge < -0.3 is 20.6 Å². The van der Waals surface area contributed by atoms with Crippen LogP contribution in [0.1, 0.15) is 24.8 Å². The van der Waals surface area contributed by atoms with Crippen molar-refractivity contribution in [2.75, 3.05) is 16.8 Å². The van der Waals surface area contributed by atoms with Crippen LogP contribution in [-0.2, 0) is 14.4 Å². The molecule has 2 amide bonds. The minimum Gasteiger partial charge on any atom is -0.480 e. The number of anilines is 2. The van der Waals surface area contributed by atoms with E-state index in [1.165, 1.54) is 6.92 Å². The third-order valence-corrected chi connectivity index (χ3v) is 5.59. The Morgan fingerprint density at radius 3 is 2.60 bits per heavy atom. The highest BCUT2D eigenvalue weighted by molar-refractivity contribution is 6.31. The Morgan fingerprint density at radius 2 is 1.93 bits per heavy atom. The monoisotopic (exact) mass is 425 g/mol.